The topological polar surface area (TPSA) is 33.0 Å². The number of nitrogens with zero attached hydrogens (tertiary/aromatic N) is 1. The van der Waals surface area contributed by atoms with E-state index in [1.165, 1.54) is 6.26 Å². The third-order valence-corrected chi connectivity index (χ3v) is 2.07. The number of ether oxygens (including phenoxy) is 1. The monoisotopic (exact) mass is 269 g/mol. The van der Waals surface area contributed by atoms with Crippen LogP contribution < -0.4 is 4.74 Å². The largest absolute Gasteiger partial charge is 0.388 e. The van der Waals surface area contributed by atoms with Gasteiger partial charge in [-0.3, -0.25) is 0 Å². The Morgan fingerprint density at radius 3 is 1.94 bits per heavy atom. The van der Waals surface area contributed by atoms with Gasteiger partial charge in [-0.2, -0.15) is 17.6 Å². The summed E-state index contributed by atoms with van der Waals surface area (Å²) in [5.41, 5.74) is -1.29. The lowest BCUT2D eigenvalue weighted by Gasteiger charge is -2.25. The maximum Gasteiger partial charge on any atom is 0.373 e. The van der Waals surface area contributed by atoms with Gasteiger partial charge in [-0.05, 0) is 24.3 Å². The predicted molar refractivity (Wildman–Crippen MR) is 47.5 cm³/mol. The van der Waals surface area contributed by atoms with Crippen molar-refractivity contribution in [2.75, 3.05) is 0 Å². The maximum absolute atomic E-state index is 13.2. The van der Waals surface area contributed by atoms with Crippen LogP contribution in [0.5, 0.6) is 5.75 Å². The number of nitriles is 1. The first-order chi connectivity index (χ1) is 8.23. The van der Waals surface area contributed by atoms with E-state index in [-0.39, 0.29) is 5.75 Å². The maximum atomic E-state index is 13.2. The lowest BCUT2D eigenvalue weighted by molar-refractivity contribution is -0.270. The van der Waals surface area contributed by atoms with E-state index in [2.05, 4.69) is 4.74 Å². The number of benzene rings is 1. The minimum absolute atomic E-state index is 0.169. The molecule has 1 aromatic carbocycles. The normalized spacial score (nSPS) is 12.3. The van der Waals surface area contributed by atoms with Crippen LogP contribution in [-0.4, -0.2) is 12.3 Å². The lowest BCUT2D eigenvalue weighted by atomic mass is 10.0. The van der Waals surface area contributed by atoms with Crippen molar-refractivity contribution in [2.24, 2.45) is 0 Å². The summed E-state index contributed by atoms with van der Waals surface area (Å²) in [6, 6.07) is 2.58. The van der Waals surface area contributed by atoms with E-state index in [1.54, 1.807) is 0 Å². The second-order valence-corrected chi connectivity index (χ2v) is 3.22. The van der Waals surface area contributed by atoms with Crippen LogP contribution in [-0.2, 0) is 5.92 Å². The fourth-order valence-corrected chi connectivity index (χ4v) is 1.11. The Morgan fingerprint density at radius 1 is 1.06 bits per heavy atom. The van der Waals surface area contributed by atoms with Crippen molar-refractivity contribution in [3.8, 4) is 12.0 Å². The second-order valence-electron chi connectivity index (χ2n) is 3.22. The van der Waals surface area contributed by atoms with Crippen molar-refractivity contribution in [1.82, 2.24) is 0 Å². The second kappa shape index (κ2) is 4.76. The Kier molecular flexibility index (Phi) is 3.74. The average molecular weight is 269 g/mol. The van der Waals surface area contributed by atoms with Gasteiger partial charge >= 0.3 is 18.3 Å². The molecule has 2 nitrogen and oxygen atoms in total. The van der Waals surface area contributed by atoms with E-state index in [9.17, 15) is 26.3 Å². The Labute approximate surface area is 97.4 Å². The molecule has 0 N–H and O–H groups in total. The molecule has 0 saturated heterocycles. The minimum Gasteiger partial charge on any atom is -0.388 e. The molecular formula is C10H5F6NO. The standard InChI is InChI=1S/C10H5F6NO/c11-8(12)10(15,16)9(13,14)6-1-3-7(4-2-6)18-5-17/h1-4,8H. The molecule has 0 bridgehead atoms. The first-order valence-electron chi connectivity index (χ1n) is 4.43. The highest BCUT2D eigenvalue weighted by atomic mass is 19.3. The van der Waals surface area contributed by atoms with Gasteiger partial charge in [-0.25, -0.2) is 8.78 Å². The van der Waals surface area contributed by atoms with Gasteiger partial charge in [0.2, 0.25) is 0 Å². The molecule has 0 heterocycles. The zero-order chi connectivity index (χ0) is 14.0. The van der Waals surface area contributed by atoms with Gasteiger partial charge in [0.15, 0.2) is 0 Å². The van der Waals surface area contributed by atoms with Gasteiger partial charge in [-0.1, -0.05) is 0 Å². The van der Waals surface area contributed by atoms with Gasteiger partial charge in [0.1, 0.15) is 5.75 Å². The van der Waals surface area contributed by atoms with Crippen LogP contribution in [0, 0.1) is 11.5 Å². The average Bonchev–Trinajstić information content (AvgIpc) is 2.29. The zero-order valence-corrected chi connectivity index (χ0v) is 8.51. The number of hydrogen-bond donors (Lipinski definition) is 0. The van der Waals surface area contributed by atoms with Crippen LogP contribution in [0.4, 0.5) is 26.3 Å². The summed E-state index contributed by atoms with van der Waals surface area (Å²) in [6.45, 7) is 0. The summed E-state index contributed by atoms with van der Waals surface area (Å²) < 4.78 is 79.7. The molecule has 0 atom stereocenters. The molecule has 0 amide bonds. The summed E-state index contributed by atoms with van der Waals surface area (Å²) in [5.74, 6) is -10.7. The van der Waals surface area contributed by atoms with E-state index >= 15 is 0 Å². The third kappa shape index (κ3) is 2.34. The Bertz CT molecular complexity index is 450. The predicted octanol–water partition coefficient (Wildman–Crippen LogP) is 3.54. The number of halogens is 6. The smallest absolute Gasteiger partial charge is 0.373 e. The van der Waals surface area contributed by atoms with E-state index in [0.717, 1.165) is 12.1 Å². The van der Waals surface area contributed by atoms with Crippen molar-refractivity contribution < 1.29 is 31.1 Å². The van der Waals surface area contributed by atoms with Gasteiger partial charge in [-0.15, -0.1) is 5.26 Å². The highest BCUT2D eigenvalue weighted by molar-refractivity contribution is 5.31. The summed E-state index contributed by atoms with van der Waals surface area (Å²) in [7, 11) is 0. The lowest BCUT2D eigenvalue weighted by Crippen LogP contribution is -2.44. The molecule has 0 radical (unpaired) electrons. The molecule has 0 spiro atoms. The molecule has 0 aliphatic heterocycles. The summed E-state index contributed by atoms with van der Waals surface area (Å²) >= 11 is 0. The third-order valence-electron chi connectivity index (χ3n) is 2.07. The SMILES string of the molecule is N#COc1ccc(C(F)(F)C(F)(F)C(F)F)cc1. The molecule has 0 aliphatic carbocycles. The Hall–Kier alpha value is -1.91. The van der Waals surface area contributed by atoms with Crippen molar-refractivity contribution in [3.63, 3.8) is 0 Å². The van der Waals surface area contributed by atoms with Gasteiger partial charge in [0.25, 0.3) is 6.26 Å². The molecular weight excluding hydrogens is 264 g/mol. The van der Waals surface area contributed by atoms with Crippen molar-refractivity contribution in [3.05, 3.63) is 29.8 Å². The summed E-state index contributed by atoms with van der Waals surface area (Å²) in [5, 5.41) is 8.11. The summed E-state index contributed by atoms with van der Waals surface area (Å²) in [4.78, 5) is 0. The highest BCUT2D eigenvalue weighted by Gasteiger charge is 2.63. The van der Waals surface area contributed by atoms with Crippen LogP contribution in [0.15, 0.2) is 24.3 Å². The van der Waals surface area contributed by atoms with Gasteiger partial charge in [0.05, 0.1) is 0 Å². The molecule has 0 fully saturated rings. The van der Waals surface area contributed by atoms with Gasteiger partial charge in [0, 0.05) is 5.56 Å². The number of hydrogen-bond acceptors (Lipinski definition) is 2. The number of alkyl halides is 6. The fraction of sp³-hybridized carbons (Fsp3) is 0.300. The quantitative estimate of drug-likeness (QED) is 0.618. The van der Waals surface area contributed by atoms with E-state index in [0.29, 0.717) is 12.1 Å². The van der Waals surface area contributed by atoms with Crippen LogP contribution >= 0.6 is 0 Å². The van der Waals surface area contributed by atoms with Crippen molar-refractivity contribution in [2.45, 2.75) is 18.3 Å². The van der Waals surface area contributed by atoms with E-state index in [1.807, 2.05) is 0 Å². The minimum atomic E-state index is -5.48. The number of rotatable bonds is 4. The highest BCUT2D eigenvalue weighted by Crippen LogP contribution is 2.46. The van der Waals surface area contributed by atoms with E-state index in [4.69, 9.17) is 5.26 Å². The van der Waals surface area contributed by atoms with Crippen LogP contribution in [0.2, 0.25) is 0 Å². The van der Waals surface area contributed by atoms with Crippen molar-refractivity contribution >= 4 is 0 Å². The molecule has 1 aromatic rings. The van der Waals surface area contributed by atoms with Crippen molar-refractivity contribution in [1.29, 1.82) is 5.26 Å². The first kappa shape index (κ1) is 14.2. The molecule has 0 unspecified atom stereocenters. The first-order valence-corrected chi connectivity index (χ1v) is 4.43. The molecule has 98 valence electrons. The Balaban J connectivity index is 3.09. The molecule has 1 rings (SSSR count). The van der Waals surface area contributed by atoms with Gasteiger partial charge < -0.3 is 4.74 Å². The fourth-order valence-electron chi connectivity index (χ4n) is 1.11. The van der Waals surface area contributed by atoms with Crippen LogP contribution in [0.1, 0.15) is 5.56 Å². The molecule has 0 aromatic heterocycles. The molecule has 18 heavy (non-hydrogen) atoms. The molecule has 0 saturated carbocycles. The molecule has 8 heteroatoms. The van der Waals surface area contributed by atoms with E-state index < -0.39 is 23.8 Å². The summed E-state index contributed by atoms with van der Waals surface area (Å²) in [6.07, 6.45) is -3.26. The van der Waals surface area contributed by atoms with Crippen LogP contribution in [0.25, 0.3) is 0 Å². The zero-order valence-electron chi connectivity index (χ0n) is 8.51. The Morgan fingerprint density at radius 2 is 1.56 bits per heavy atom. The van der Waals surface area contributed by atoms with Crippen LogP contribution in [0.3, 0.4) is 0 Å². The molecule has 0 aliphatic rings.